The third-order valence-corrected chi connectivity index (χ3v) is 7.82. The van der Waals surface area contributed by atoms with Crippen LogP contribution in [0.5, 0.6) is 0 Å². The van der Waals surface area contributed by atoms with Gasteiger partial charge in [0.05, 0.1) is 20.0 Å². The number of carbonyl (C=O) groups is 1. The maximum absolute atomic E-state index is 13.0. The number of hydrogen-bond donors (Lipinski definition) is 1. The smallest absolute Gasteiger partial charge is 0.271 e. The average Bonchev–Trinajstić information content (AvgIpc) is 3.34. The van der Waals surface area contributed by atoms with Crippen molar-refractivity contribution in [2.45, 2.75) is 30.7 Å². The van der Waals surface area contributed by atoms with Crippen molar-refractivity contribution in [1.29, 1.82) is 0 Å². The number of aromatic nitrogens is 1. The maximum atomic E-state index is 13.0. The molecule has 1 aromatic heterocycles. The number of sulfonamides is 1. The van der Waals surface area contributed by atoms with E-state index < -0.39 is 26.9 Å². The van der Waals surface area contributed by atoms with Gasteiger partial charge in [-0.25, -0.2) is 13.4 Å². The number of hydrogen-bond acceptors (Lipinski definition) is 7. The van der Waals surface area contributed by atoms with Gasteiger partial charge in [0.15, 0.2) is 5.13 Å². The Labute approximate surface area is 176 Å². The lowest BCUT2D eigenvalue weighted by Gasteiger charge is -2.23. The molecule has 0 radical (unpaired) electrons. The van der Waals surface area contributed by atoms with E-state index in [1.807, 2.05) is 6.92 Å². The van der Waals surface area contributed by atoms with Crippen LogP contribution in [0.1, 0.15) is 18.4 Å². The van der Waals surface area contributed by atoms with Crippen molar-refractivity contribution in [3.8, 4) is 0 Å². The van der Waals surface area contributed by atoms with Crippen LogP contribution in [0, 0.1) is 17.0 Å². The Morgan fingerprint density at radius 1 is 1.27 bits per heavy atom. The molecule has 156 valence electrons. The van der Waals surface area contributed by atoms with Crippen LogP contribution in [0.2, 0.25) is 0 Å². The summed E-state index contributed by atoms with van der Waals surface area (Å²) in [5, 5.41) is 13.9. The molecule has 3 aromatic rings. The van der Waals surface area contributed by atoms with Crippen molar-refractivity contribution in [1.82, 2.24) is 9.29 Å². The molecule has 4 rings (SSSR count). The monoisotopic (exact) mass is 446 g/mol. The Morgan fingerprint density at radius 2 is 2.00 bits per heavy atom. The van der Waals surface area contributed by atoms with Gasteiger partial charge in [-0.2, -0.15) is 4.31 Å². The van der Waals surface area contributed by atoms with Gasteiger partial charge in [0.2, 0.25) is 15.9 Å². The van der Waals surface area contributed by atoms with Gasteiger partial charge in [0, 0.05) is 18.7 Å². The largest absolute Gasteiger partial charge is 0.301 e. The van der Waals surface area contributed by atoms with Crippen LogP contribution in [0.4, 0.5) is 10.8 Å². The number of nitro groups is 1. The lowest BCUT2D eigenvalue weighted by molar-refractivity contribution is -0.384. The topological polar surface area (TPSA) is 123 Å². The molecule has 0 saturated carbocycles. The third-order valence-electron chi connectivity index (χ3n) is 4.95. The Morgan fingerprint density at radius 3 is 2.70 bits per heavy atom. The zero-order chi connectivity index (χ0) is 21.5. The molecule has 0 spiro atoms. The summed E-state index contributed by atoms with van der Waals surface area (Å²) in [5.41, 5.74) is 1.26. The van der Waals surface area contributed by atoms with Crippen LogP contribution < -0.4 is 5.32 Å². The summed E-state index contributed by atoms with van der Waals surface area (Å²) in [4.78, 5) is 27.6. The molecule has 1 unspecified atom stereocenters. The number of carbonyl (C=O) groups excluding carboxylic acids is 1. The van der Waals surface area contributed by atoms with Gasteiger partial charge in [-0.05, 0) is 38.0 Å². The first kappa shape index (κ1) is 20.4. The molecular weight excluding hydrogens is 428 g/mol. The normalized spacial score (nSPS) is 17.3. The van der Waals surface area contributed by atoms with E-state index >= 15 is 0 Å². The minimum absolute atomic E-state index is 0.0863. The van der Waals surface area contributed by atoms with E-state index in [9.17, 15) is 23.3 Å². The van der Waals surface area contributed by atoms with Crippen molar-refractivity contribution in [3.05, 3.63) is 58.1 Å². The maximum Gasteiger partial charge on any atom is 0.271 e. The van der Waals surface area contributed by atoms with E-state index in [1.54, 1.807) is 30.3 Å². The number of benzene rings is 2. The molecule has 30 heavy (non-hydrogen) atoms. The molecule has 2 heterocycles. The van der Waals surface area contributed by atoms with E-state index in [1.165, 1.54) is 27.8 Å². The quantitative estimate of drug-likeness (QED) is 0.474. The molecule has 1 fully saturated rings. The standard InChI is InChI=1S/C19H18N4O5S2/c1-12-4-7-14(8-5-12)30(27,28)22-10-2-3-16(22)18(24)21-19-20-15-11-13(23(25)26)6-9-17(15)29-19/h4-9,11,16H,2-3,10H2,1H3,(H,20,21,24). The van der Waals surface area contributed by atoms with Crippen LogP contribution in [-0.2, 0) is 14.8 Å². The van der Waals surface area contributed by atoms with Crippen LogP contribution >= 0.6 is 11.3 Å². The van der Waals surface area contributed by atoms with Crippen molar-refractivity contribution >= 4 is 48.3 Å². The summed E-state index contributed by atoms with van der Waals surface area (Å²) in [6.45, 7) is 2.13. The average molecular weight is 447 g/mol. The summed E-state index contributed by atoms with van der Waals surface area (Å²) >= 11 is 1.18. The second-order valence-corrected chi connectivity index (χ2v) is 9.93. The third kappa shape index (κ3) is 3.78. The number of rotatable bonds is 5. The SMILES string of the molecule is Cc1ccc(S(=O)(=O)N2CCCC2C(=O)Nc2nc3cc([N+](=O)[O-])ccc3s2)cc1. The number of nitrogens with zero attached hydrogens (tertiary/aromatic N) is 3. The molecule has 1 atom stereocenters. The molecule has 1 amide bonds. The summed E-state index contributed by atoms with van der Waals surface area (Å²) in [6, 6.07) is 9.97. The highest BCUT2D eigenvalue weighted by atomic mass is 32.2. The summed E-state index contributed by atoms with van der Waals surface area (Å²) in [5.74, 6) is -0.461. The van der Waals surface area contributed by atoms with Crippen molar-refractivity contribution in [3.63, 3.8) is 0 Å². The van der Waals surface area contributed by atoms with Gasteiger partial charge in [0.1, 0.15) is 6.04 Å². The number of non-ortho nitro benzene ring substituents is 1. The second-order valence-electron chi connectivity index (χ2n) is 7.00. The zero-order valence-corrected chi connectivity index (χ0v) is 17.6. The summed E-state index contributed by atoms with van der Waals surface area (Å²) in [6.07, 6.45) is 0.989. The Hall–Kier alpha value is -2.89. The van der Waals surface area contributed by atoms with Gasteiger partial charge in [-0.15, -0.1) is 0 Å². The zero-order valence-electron chi connectivity index (χ0n) is 15.9. The molecule has 1 saturated heterocycles. The lowest BCUT2D eigenvalue weighted by atomic mass is 10.2. The van der Waals surface area contributed by atoms with Crippen LogP contribution in [0.15, 0.2) is 47.4 Å². The van der Waals surface area contributed by atoms with E-state index in [-0.39, 0.29) is 22.3 Å². The van der Waals surface area contributed by atoms with Crippen LogP contribution in [-0.4, -0.2) is 41.1 Å². The van der Waals surface area contributed by atoms with Gasteiger partial charge in [-0.1, -0.05) is 29.0 Å². The van der Waals surface area contributed by atoms with E-state index in [2.05, 4.69) is 10.3 Å². The Balaban J connectivity index is 1.56. The van der Waals surface area contributed by atoms with Gasteiger partial charge in [0.25, 0.3) is 5.69 Å². The Bertz CT molecular complexity index is 1240. The number of fused-ring (bicyclic) bond motifs is 1. The number of nitrogens with one attached hydrogen (secondary N) is 1. The minimum Gasteiger partial charge on any atom is -0.301 e. The second kappa shape index (κ2) is 7.74. The Kier molecular flexibility index (Phi) is 5.26. The van der Waals surface area contributed by atoms with Gasteiger partial charge < -0.3 is 5.32 Å². The first-order chi connectivity index (χ1) is 14.3. The molecule has 0 aliphatic carbocycles. The van der Waals surface area contributed by atoms with E-state index in [0.717, 1.165) is 5.56 Å². The highest BCUT2D eigenvalue weighted by molar-refractivity contribution is 7.89. The van der Waals surface area contributed by atoms with Crippen LogP contribution in [0.3, 0.4) is 0 Å². The molecule has 1 N–H and O–H groups in total. The number of anilines is 1. The molecule has 9 nitrogen and oxygen atoms in total. The number of aryl methyl sites for hydroxylation is 1. The molecule has 0 bridgehead atoms. The minimum atomic E-state index is -3.80. The number of amides is 1. The first-order valence-electron chi connectivity index (χ1n) is 9.20. The lowest BCUT2D eigenvalue weighted by Crippen LogP contribution is -2.43. The molecular formula is C19H18N4O5S2. The fourth-order valence-electron chi connectivity index (χ4n) is 3.41. The van der Waals surface area contributed by atoms with Crippen molar-refractivity contribution in [2.75, 3.05) is 11.9 Å². The van der Waals surface area contributed by atoms with Gasteiger partial charge in [-0.3, -0.25) is 14.9 Å². The van der Waals surface area contributed by atoms with E-state index in [4.69, 9.17) is 0 Å². The first-order valence-corrected chi connectivity index (χ1v) is 11.5. The summed E-state index contributed by atoms with van der Waals surface area (Å²) < 4.78 is 28.0. The highest BCUT2D eigenvalue weighted by Crippen LogP contribution is 2.31. The molecule has 2 aromatic carbocycles. The predicted octanol–water partition coefficient (Wildman–Crippen LogP) is 3.30. The van der Waals surface area contributed by atoms with Crippen LogP contribution in [0.25, 0.3) is 10.2 Å². The fraction of sp³-hybridized carbons (Fsp3) is 0.263. The van der Waals surface area contributed by atoms with Crippen molar-refractivity contribution < 1.29 is 18.1 Å². The number of thiazole rings is 1. The number of nitro benzene ring substituents is 1. The van der Waals surface area contributed by atoms with Gasteiger partial charge >= 0.3 is 0 Å². The highest BCUT2D eigenvalue weighted by Gasteiger charge is 2.39. The molecule has 11 heteroatoms. The fourth-order valence-corrected chi connectivity index (χ4v) is 5.91. The van der Waals surface area contributed by atoms with Crippen molar-refractivity contribution in [2.24, 2.45) is 0 Å². The molecule has 1 aliphatic heterocycles. The summed E-state index contributed by atoms with van der Waals surface area (Å²) in [7, 11) is -3.80. The van der Waals surface area contributed by atoms with E-state index in [0.29, 0.717) is 23.1 Å². The predicted molar refractivity (Wildman–Crippen MR) is 113 cm³/mol. The molecule has 1 aliphatic rings.